The van der Waals surface area contributed by atoms with Gasteiger partial charge >= 0.3 is 6.09 Å². The highest BCUT2D eigenvalue weighted by atomic mass is 32.1. The predicted octanol–water partition coefficient (Wildman–Crippen LogP) is 3.89. The van der Waals surface area contributed by atoms with Crippen molar-refractivity contribution in [3.05, 3.63) is 35.9 Å². The van der Waals surface area contributed by atoms with Gasteiger partial charge < -0.3 is 9.64 Å². The largest absolute Gasteiger partial charge is 0.445 e. The van der Waals surface area contributed by atoms with Crippen LogP contribution >= 0.6 is 12.6 Å². The van der Waals surface area contributed by atoms with Gasteiger partial charge in [-0.05, 0) is 30.7 Å². The number of likely N-dealkylation sites (tertiary alicyclic amines) is 1. The summed E-state index contributed by atoms with van der Waals surface area (Å²) in [5.41, 5.74) is 1.03. The number of amides is 1. The molecule has 2 aliphatic rings. The standard InChI is InChI=1S/C17H23NO2S/c19-17(20-11-13-6-2-1-3-7-13)18-15(12-21)10-14-8-4-5-9-16(14)18/h1-3,6-7,14-16,21H,4-5,8-12H2/t14-,15-,16-/m0/s1. The molecule has 3 nitrogen and oxygen atoms in total. The summed E-state index contributed by atoms with van der Waals surface area (Å²) in [4.78, 5) is 14.5. The Morgan fingerprint density at radius 3 is 2.76 bits per heavy atom. The Kier molecular flexibility index (Phi) is 4.73. The van der Waals surface area contributed by atoms with E-state index in [-0.39, 0.29) is 12.1 Å². The Morgan fingerprint density at radius 2 is 2.00 bits per heavy atom. The van der Waals surface area contributed by atoms with Crippen molar-refractivity contribution in [2.75, 3.05) is 5.75 Å². The molecule has 0 N–H and O–H groups in total. The van der Waals surface area contributed by atoms with E-state index in [4.69, 9.17) is 4.74 Å². The number of nitrogens with zero attached hydrogens (tertiary/aromatic N) is 1. The maximum atomic E-state index is 12.5. The van der Waals surface area contributed by atoms with Crippen LogP contribution in [0, 0.1) is 5.92 Å². The van der Waals surface area contributed by atoms with Crippen LogP contribution in [0.4, 0.5) is 4.79 Å². The van der Waals surface area contributed by atoms with E-state index in [0.29, 0.717) is 18.6 Å². The van der Waals surface area contributed by atoms with Crippen molar-refractivity contribution in [1.82, 2.24) is 4.90 Å². The lowest BCUT2D eigenvalue weighted by Crippen LogP contribution is -2.44. The van der Waals surface area contributed by atoms with Gasteiger partial charge in [-0.3, -0.25) is 0 Å². The van der Waals surface area contributed by atoms with E-state index in [1.807, 2.05) is 35.2 Å². The van der Waals surface area contributed by atoms with Crippen LogP contribution in [0.25, 0.3) is 0 Å². The zero-order valence-corrected chi connectivity index (χ0v) is 13.2. The summed E-state index contributed by atoms with van der Waals surface area (Å²) < 4.78 is 5.55. The summed E-state index contributed by atoms with van der Waals surface area (Å²) in [7, 11) is 0. The van der Waals surface area contributed by atoms with Crippen molar-refractivity contribution >= 4 is 18.7 Å². The Bertz CT molecular complexity index is 479. The highest BCUT2D eigenvalue weighted by molar-refractivity contribution is 7.80. The van der Waals surface area contributed by atoms with Gasteiger partial charge in [0.2, 0.25) is 0 Å². The summed E-state index contributed by atoms with van der Waals surface area (Å²) in [5.74, 6) is 1.38. The molecule has 2 fully saturated rings. The number of ether oxygens (including phenoxy) is 1. The van der Waals surface area contributed by atoms with Crippen LogP contribution in [-0.2, 0) is 11.3 Å². The summed E-state index contributed by atoms with van der Waals surface area (Å²) >= 11 is 4.44. The Balaban J connectivity index is 1.64. The van der Waals surface area contributed by atoms with Gasteiger partial charge in [-0.25, -0.2) is 4.79 Å². The first-order valence-corrected chi connectivity index (χ1v) is 8.52. The summed E-state index contributed by atoms with van der Waals surface area (Å²) in [6.45, 7) is 0.354. The minimum atomic E-state index is -0.160. The Hall–Kier alpha value is -1.16. The van der Waals surface area contributed by atoms with Gasteiger partial charge in [-0.15, -0.1) is 0 Å². The number of benzene rings is 1. The van der Waals surface area contributed by atoms with Crippen LogP contribution < -0.4 is 0 Å². The van der Waals surface area contributed by atoms with Gasteiger partial charge in [0.1, 0.15) is 6.61 Å². The minimum Gasteiger partial charge on any atom is -0.445 e. The molecule has 3 atom stereocenters. The zero-order chi connectivity index (χ0) is 14.7. The van der Waals surface area contributed by atoms with E-state index in [0.717, 1.165) is 24.2 Å². The van der Waals surface area contributed by atoms with Crippen LogP contribution in [0.1, 0.15) is 37.7 Å². The first-order valence-electron chi connectivity index (χ1n) is 7.89. The second-order valence-electron chi connectivity index (χ2n) is 6.13. The fraction of sp³-hybridized carbons (Fsp3) is 0.588. The second kappa shape index (κ2) is 6.73. The zero-order valence-electron chi connectivity index (χ0n) is 12.3. The molecule has 0 bridgehead atoms. The Morgan fingerprint density at radius 1 is 1.24 bits per heavy atom. The predicted molar refractivity (Wildman–Crippen MR) is 86.5 cm³/mol. The summed E-state index contributed by atoms with van der Waals surface area (Å²) in [6.07, 6.45) is 5.82. The minimum absolute atomic E-state index is 0.160. The molecule has 1 amide bonds. The first kappa shape index (κ1) is 14.8. The fourth-order valence-corrected chi connectivity index (χ4v) is 4.13. The fourth-order valence-electron chi connectivity index (χ4n) is 3.80. The molecule has 3 rings (SSSR count). The van der Waals surface area contributed by atoms with Crippen molar-refractivity contribution in [2.45, 2.75) is 50.8 Å². The lowest BCUT2D eigenvalue weighted by atomic mass is 9.85. The average molecular weight is 305 g/mol. The number of carbonyl (C=O) groups excluding carboxylic acids is 1. The van der Waals surface area contributed by atoms with Crippen molar-refractivity contribution in [3.63, 3.8) is 0 Å². The van der Waals surface area contributed by atoms with Gasteiger partial charge in [0.25, 0.3) is 0 Å². The topological polar surface area (TPSA) is 29.5 Å². The molecular weight excluding hydrogens is 282 g/mol. The molecule has 0 spiro atoms. The summed E-state index contributed by atoms with van der Waals surface area (Å²) in [6, 6.07) is 10.5. The lowest BCUT2D eigenvalue weighted by molar-refractivity contribution is 0.0724. The number of rotatable bonds is 3. The third-order valence-electron chi connectivity index (χ3n) is 4.82. The molecule has 1 heterocycles. The molecule has 1 aromatic carbocycles. The normalized spacial score (nSPS) is 28.2. The molecule has 1 saturated heterocycles. The van der Waals surface area contributed by atoms with E-state index >= 15 is 0 Å². The van der Waals surface area contributed by atoms with E-state index in [9.17, 15) is 4.79 Å². The van der Waals surface area contributed by atoms with E-state index < -0.39 is 0 Å². The third-order valence-corrected chi connectivity index (χ3v) is 5.24. The average Bonchev–Trinajstić information content (AvgIpc) is 2.92. The van der Waals surface area contributed by atoms with Crippen LogP contribution in [0.3, 0.4) is 0 Å². The maximum absolute atomic E-state index is 12.5. The summed E-state index contributed by atoms with van der Waals surface area (Å²) in [5, 5.41) is 0. The van der Waals surface area contributed by atoms with Crippen LogP contribution in [-0.4, -0.2) is 28.8 Å². The van der Waals surface area contributed by atoms with Crippen molar-refractivity contribution in [3.8, 4) is 0 Å². The quantitative estimate of drug-likeness (QED) is 0.859. The second-order valence-corrected chi connectivity index (χ2v) is 6.50. The molecule has 0 aromatic heterocycles. The molecule has 4 heteroatoms. The molecule has 114 valence electrons. The molecule has 1 aromatic rings. The highest BCUT2D eigenvalue weighted by Crippen LogP contribution is 2.40. The van der Waals surface area contributed by atoms with E-state index in [2.05, 4.69) is 12.6 Å². The monoisotopic (exact) mass is 305 g/mol. The van der Waals surface area contributed by atoms with Crippen LogP contribution in [0.2, 0.25) is 0 Å². The number of carbonyl (C=O) groups is 1. The van der Waals surface area contributed by atoms with Crippen molar-refractivity contribution < 1.29 is 9.53 Å². The van der Waals surface area contributed by atoms with Gasteiger partial charge in [0.05, 0.1) is 0 Å². The molecule has 21 heavy (non-hydrogen) atoms. The van der Waals surface area contributed by atoms with E-state index in [1.165, 1.54) is 19.3 Å². The maximum Gasteiger partial charge on any atom is 0.410 e. The molecule has 1 saturated carbocycles. The third kappa shape index (κ3) is 3.20. The molecule has 0 unspecified atom stereocenters. The smallest absolute Gasteiger partial charge is 0.410 e. The van der Waals surface area contributed by atoms with Gasteiger partial charge in [-0.1, -0.05) is 43.2 Å². The van der Waals surface area contributed by atoms with Gasteiger partial charge in [0.15, 0.2) is 0 Å². The molecule has 0 radical (unpaired) electrons. The number of hydrogen-bond acceptors (Lipinski definition) is 3. The molecular formula is C17H23NO2S. The lowest BCUT2D eigenvalue weighted by Gasteiger charge is -2.32. The van der Waals surface area contributed by atoms with Crippen LogP contribution in [0.15, 0.2) is 30.3 Å². The highest BCUT2D eigenvalue weighted by Gasteiger charge is 2.44. The van der Waals surface area contributed by atoms with E-state index in [1.54, 1.807) is 0 Å². The Labute approximate surface area is 132 Å². The number of fused-ring (bicyclic) bond motifs is 1. The number of hydrogen-bond donors (Lipinski definition) is 1. The van der Waals surface area contributed by atoms with Gasteiger partial charge in [-0.2, -0.15) is 12.6 Å². The molecule has 1 aliphatic heterocycles. The SMILES string of the molecule is O=C(OCc1ccccc1)N1[C@H](CS)C[C@@H]2CCCC[C@@H]21. The van der Waals surface area contributed by atoms with Gasteiger partial charge in [0, 0.05) is 17.8 Å². The van der Waals surface area contributed by atoms with Crippen molar-refractivity contribution in [2.24, 2.45) is 5.92 Å². The van der Waals surface area contributed by atoms with Crippen molar-refractivity contribution in [1.29, 1.82) is 0 Å². The number of thiol groups is 1. The van der Waals surface area contributed by atoms with Crippen LogP contribution in [0.5, 0.6) is 0 Å². The first-order chi connectivity index (χ1) is 10.3. The molecule has 1 aliphatic carbocycles.